The number of nitrogens with zero attached hydrogens (tertiary/aromatic N) is 1. The molecule has 0 aliphatic heterocycles. The molecule has 4 heteroatoms. The molecule has 4 nitrogen and oxygen atoms in total. The maximum absolute atomic E-state index is 12.7. The Bertz CT molecular complexity index is 925. The summed E-state index contributed by atoms with van der Waals surface area (Å²) in [5.74, 6) is 0.819. The van der Waals surface area contributed by atoms with E-state index in [-0.39, 0.29) is 5.91 Å². The van der Waals surface area contributed by atoms with Crippen LogP contribution >= 0.6 is 0 Å². The number of aromatic nitrogens is 1. The smallest absolute Gasteiger partial charge is 0.244 e. The molecule has 2 aromatic carbocycles. The summed E-state index contributed by atoms with van der Waals surface area (Å²) in [5, 5.41) is 4.31. The number of amides is 1. The second kappa shape index (κ2) is 7.24. The number of ether oxygens (including phenoxy) is 1. The summed E-state index contributed by atoms with van der Waals surface area (Å²) < 4.78 is 7.65. The molecule has 4 rings (SSSR count). The number of fused-ring (bicyclic) bond motifs is 3. The zero-order chi connectivity index (χ0) is 17.9. The lowest BCUT2D eigenvalue weighted by molar-refractivity contribution is -0.116. The van der Waals surface area contributed by atoms with Gasteiger partial charge in [0.05, 0.1) is 6.61 Å². The van der Waals surface area contributed by atoms with Crippen LogP contribution in [0.3, 0.4) is 0 Å². The predicted molar refractivity (Wildman–Crippen MR) is 105 cm³/mol. The van der Waals surface area contributed by atoms with Crippen LogP contribution in [0.1, 0.15) is 31.0 Å². The minimum absolute atomic E-state index is 0.00304. The molecule has 0 saturated heterocycles. The Morgan fingerprint density at radius 3 is 2.65 bits per heavy atom. The summed E-state index contributed by atoms with van der Waals surface area (Å²) >= 11 is 0. The van der Waals surface area contributed by atoms with Crippen molar-refractivity contribution in [3.8, 4) is 5.75 Å². The molecule has 0 unspecified atom stereocenters. The molecule has 0 spiro atoms. The third kappa shape index (κ3) is 3.19. The summed E-state index contributed by atoms with van der Waals surface area (Å²) in [7, 11) is 0. The van der Waals surface area contributed by atoms with Crippen LogP contribution in [0, 0.1) is 0 Å². The summed E-state index contributed by atoms with van der Waals surface area (Å²) in [4.78, 5) is 12.7. The topological polar surface area (TPSA) is 43.3 Å². The third-order valence-electron chi connectivity index (χ3n) is 5.04. The number of anilines is 1. The van der Waals surface area contributed by atoms with Crippen LogP contribution < -0.4 is 10.1 Å². The van der Waals surface area contributed by atoms with Gasteiger partial charge in [-0.25, -0.2) is 0 Å². The van der Waals surface area contributed by atoms with E-state index in [4.69, 9.17) is 4.74 Å². The van der Waals surface area contributed by atoms with E-state index in [0.717, 1.165) is 24.3 Å². The Morgan fingerprint density at radius 1 is 1.08 bits per heavy atom. The average Bonchev–Trinajstić information content (AvgIpc) is 2.98. The van der Waals surface area contributed by atoms with E-state index in [2.05, 4.69) is 34.1 Å². The van der Waals surface area contributed by atoms with Gasteiger partial charge in [0.2, 0.25) is 5.91 Å². The normalized spacial score (nSPS) is 13.4. The largest absolute Gasteiger partial charge is 0.494 e. The van der Waals surface area contributed by atoms with Crippen molar-refractivity contribution in [2.75, 3.05) is 11.9 Å². The van der Waals surface area contributed by atoms with E-state index >= 15 is 0 Å². The van der Waals surface area contributed by atoms with Crippen molar-refractivity contribution in [1.82, 2.24) is 4.57 Å². The van der Waals surface area contributed by atoms with E-state index in [1.165, 1.54) is 35.0 Å². The molecular formula is C22H24N2O2. The van der Waals surface area contributed by atoms with Crippen molar-refractivity contribution < 1.29 is 9.53 Å². The monoisotopic (exact) mass is 348 g/mol. The van der Waals surface area contributed by atoms with Gasteiger partial charge in [0.15, 0.2) is 0 Å². The van der Waals surface area contributed by atoms with Crippen LogP contribution in [0.5, 0.6) is 5.75 Å². The number of carbonyl (C=O) groups is 1. The van der Waals surface area contributed by atoms with Gasteiger partial charge in [-0.15, -0.1) is 0 Å². The van der Waals surface area contributed by atoms with Gasteiger partial charge < -0.3 is 14.6 Å². The molecule has 0 bridgehead atoms. The Hall–Kier alpha value is -2.75. The van der Waals surface area contributed by atoms with Crippen LogP contribution in [0.4, 0.5) is 5.69 Å². The van der Waals surface area contributed by atoms with Crippen molar-refractivity contribution in [3.63, 3.8) is 0 Å². The van der Waals surface area contributed by atoms with Gasteiger partial charge in [-0.1, -0.05) is 18.2 Å². The maximum atomic E-state index is 12.7. The fraction of sp³-hybridized carbons (Fsp3) is 0.318. The zero-order valence-electron chi connectivity index (χ0n) is 15.1. The van der Waals surface area contributed by atoms with E-state index in [1.54, 1.807) is 0 Å². The molecular weight excluding hydrogens is 324 g/mol. The Labute approximate surface area is 153 Å². The van der Waals surface area contributed by atoms with Crippen molar-refractivity contribution in [2.24, 2.45) is 0 Å². The van der Waals surface area contributed by atoms with Crippen molar-refractivity contribution >= 4 is 22.5 Å². The molecule has 0 saturated carbocycles. The van der Waals surface area contributed by atoms with Gasteiger partial charge in [0, 0.05) is 22.3 Å². The van der Waals surface area contributed by atoms with Gasteiger partial charge >= 0.3 is 0 Å². The quantitative estimate of drug-likeness (QED) is 0.735. The highest BCUT2D eigenvalue weighted by molar-refractivity contribution is 5.93. The zero-order valence-corrected chi connectivity index (χ0v) is 15.1. The molecule has 134 valence electrons. The molecule has 1 heterocycles. The molecule has 26 heavy (non-hydrogen) atoms. The van der Waals surface area contributed by atoms with Gasteiger partial charge in [-0.3, -0.25) is 4.79 Å². The minimum atomic E-state index is 0.00304. The molecule has 0 radical (unpaired) electrons. The van der Waals surface area contributed by atoms with Crippen LogP contribution in [0.2, 0.25) is 0 Å². The Morgan fingerprint density at radius 2 is 1.85 bits per heavy atom. The standard InChI is InChI=1S/C22H24N2O2/c1-2-26-17-13-11-16(12-14-17)23-22(25)15-24-20-9-5-3-7-18(20)19-8-4-6-10-21(19)24/h3,5,7,9,11-14H,2,4,6,8,10,15H2,1H3,(H,23,25). The number of benzene rings is 2. The number of nitrogens with one attached hydrogen (secondary N) is 1. The molecule has 1 aliphatic rings. The van der Waals surface area contributed by atoms with Crippen LogP contribution in [-0.2, 0) is 24.2 Å². The SMILES string of the molecule is CCOc1ccc(NC(=O)Cn2c3c(c4ccccc42)CCCC3)cc1. The van der Waals surface area contributed by atoms with Gasteiger partial charge in [-0.05, 0) is 68.5 Å². The maximum Gasteiger partial charge on any atom is 0.244 e. The third-order valence-corrected chi connectivity index (χ3v) is 5.04. The number of hydrogen-bond donors (Lipinski definition) is 1. The van der Waals surface area contributed by atoms with E-state index in [9.17, 15) is 4.79 Å². The van der Waals surface area contributed by atoms with E-state index in [0.29, 0.717) is 13.2 Å². The summed E-state index contributed by atoms with van der Waals surface area (Å²) in [6.45, 7) is 2.94. The average molecular weight is 348 g/mol. The Kier molecular flexibility index (Phi) is 4.65. The first-order valence-electron chi connectivity index (χ1n) is 9.38. The molecule has 1 N–H and O–H groups in total. The lowest BCUT2D eigenvalue weighted by atomic mass is 9.96. The first kappa shape index (κ1) is 16.7. The predicted octanol–water partition coefficient (Wildman–Crippen LogP) is 4.56. The van der Waals surface area contributed by atoms with Crippen LogP contribution in [-0.4, -0.2) is 17.1 Å². The second-order valence-electron chi connectivity index (χ2n) is 6.74. The lowest BCUT2D eigenvalue weighted by Gasteiger charge is -2.16. The van der Waals surface area contributed by atoms with E-state index in [1.807, 2.05) is 31.2 Å². The molecule has 1 amide bonds. The highest BCUT2D eigenvalue weighted by atomic mass is 16.5. The second-order valence-corrected chi connectivity index (χ2v) is 6.74. The number of aryl methyl sites for hydroxylation is 1. The Balaban J connectivity index is 1.56. The van der Waals surface area contributed by atoms with Crippen molar-refractivity contribution in [3.05, 3.63) is 59.8 Å². The fourth-order valence-electron chi connectivity index (χ4n) is 3.91. The number of rotatable bonds is 5. The van der Waals surface area contributed by atoms with Crippen molar-refractivity contribution in [1.29, 1.82) is 0 Å². The highest BCUT2D eigenvalue weighted by Crippen LogP contribution is 2.32. The number of hydrogen-bond acceptors (Lipinski definition) is 2. The molecule has 1 aromatic heterocycles. The number of para-hydroxylation sites is 1. The molecule has 3 aromatic rings. The molecule has 0 atom stereocenters. The van der Waals surface area contributed by atoms with E-state index < -0.39 is 0 Å². The van der Waals surface area contributed by atoms with Crippen LogP contribution in [0.15, 0.2) is 48.5 Å². The molecule has 0 fully saturated rings. The first-order valence-corrected chi connectivity index (χ1v) is 9.38. The van der Waals surface area contributed by atoms with Gasteiger partial charge in [0.25, 0.3) is 0 Å². The minimum Gasteiger partial charge on any atom is -0.494 e. The van der Waals surface area contributed by atoms with Gasteiger partial charge in [0.1, 0.15) is 12.3 Å². The van der Waals surface area contributed by atoms with Crippen molar-refractivity contribution in [2.45, 2.75) is 39.2 Å². The number of carbonyl (C=O) groups excluding carboxylic acids is 1. The fourth-order valence-corrected chi connectivity index (χ4v) is 3.91. The first-order chi connectivity index (χ1) is 12.8. The summed E-state index contributed by atoms with van der Waals surface area (Å²) in [5.41, 5.74) is 4.73. The molecule has 1 aliphatic carbocycles. The summed E-state index contributed by atoms with van der Waals surface area (Å²) in [6, 6.07) is 16.0. The highest BCUT2D eigenvalue weighted by Gasteiger charge is 2.20. The van der Waals surface area contributed by atoms with Gasteiger partial charge in [-0.2, -0.15) is 0 Å². The lowest BCUT2D eigenvalue weighted by Crippen LogP contribution is -2.20. The summed E-state index contributed by atoms with van der Waals surface area (Å²) in [6.07, 6.45) is 4.60. The van der Waals surface area contributed by atoms with Crippen LogP contribution in [0.25, 0.3) is 10.9 Å².